The number of amidine groups is 1. The number of carbonyl (C=O) groups is 3. The number of nitrogens with two attached hydrogens (primary N) is 1. The molecule has 174 valence electrons. The maximum atomic E-state index is 13.0. The highest BCUT2D eigenvalue weighted by Gasteiger charge is 2.33. The van der Waals surface area contributed by atoms with Gasteiger partial charge in [-0.25, -0.2) is 4.79 Å². The second-order valence-electron chi connectivity index (χ2n) is 7.97. The summed E-state index contributed by atoms with van der Waals surface area (Å²) in [5, 5.41) is 7.89. The molecule has 1 amide bonds. The number of ether oxygens (including phenoxy) is 2. The number of rotatable bonds is 7. The van der Waals surface area contributed by atoms with Crippen molar-refractivity contribution in [3.8, 4) is 0 Å². The number of hydrogen-bond donors (Lipinski definition) is 2. The first kappa shape index (κ1) is 23.7. The number of esters is 2. The minimum atomic E-state index is -0.524. The van der Waals surface area contributed by atoms with Crippen molar-refractivity contribution in [1.29, 1.82) is 5.41 Å². The fraction of sp³-hybridized carbons (Fsp3) is 0.545. The first-order chi connectivity index (χ1) is 15.3. The average molecular weight is 446 g/mol. The van der Waals surface area contributed by atoms with Gasteiger partial charge in [-0.15, -0.1) is 0 Å². The molecule has 3 rings (SSSR count). The van der Waals surface area contributed by atoms with Crippen molar-refractivity contribution < 1.29 is 23.9 Å². The van der Waals surface area contributed by atoms with Crippen molar-refractivity contribution in [2.24, 2.45) is 5.73 Å². The smallest absolute Gasteiger partial charge is 0.337 e. The van der Waals surface area contributed by atoms with E-state index < -0.39 is 5.97 Å². The lowest BCUT2D eigenvalue weighted by molar-refractivity contribution is -0.144. The van der Waals surface area contributed by atoms with Crippen LogP contribution in [0.5, 0.6) is 0 Å². The topological polar surface area (TPSA) is 129 Å². The molecule has 2 aliphatic rings. The number of methoxy groups -OCH3 is 1. The Morgan fingerprint density at radius 2 is 1.91 bits per heavy atom. The number of hydrogen-bond acceptors (Lipinski definition) is 8. The van der Waals surface area contributed by atoms with Gasteiger partial charge in [0.1, 0.15) is 5.84 Å². The molecular weight excluding hydrogens is 414 g/mol. The molecule has 0 atom stereocenters. The molecule has 2 fully saturated rings. The molecule has 2 aliphatic heterocycles. The summed E-state index contributed by atoms with van der Waals surface area (Å²) in [6, 6.07) is 4.99. The van der Waals surface area contributed by atoms with Crippen molar-refractivity contribution in [3.05, 3.63) is 29.3 Å². The summed E-state index contributed by atoms with van der Waals surface area (Å²) in [6.45, 7) is 5.53. The summed E-state index contributed by atoms with van der Waals surface area (Å²) in [5.41, 5.74) is 6.87. The van der Waals surface area contributed by atoms with E-state index >= 15 is 0 Å². The van der Waals surface area contributed by atoms with Crippen molar-refractivity contribution in [2.75, 3.05) is 57.9 Å². The van der Waals surface area contributed by atoms with Gasteiger partial charge in [-0.3, -0.25) is 24.8 Å². The van der Waals surface area contributed by atoms with Crippen LogP contribution < -0.4 is 10.6 Å². The van der Waals surface area contributed by atoms with Crippen LogP contribution in [0, 0.1) is 5.41 Å². The van der Waals surface area contributed by atoms with E-state index in [1.807, 2.05) is 0 Å². The van der Waals surface area contributed by atoms with Gasteiger partial charge < -0.3 is 20.1 Å². The highest BCUT2D eigenvalue weighted by atomic mass is 16.5. The Bertz CT molecular complexity index is 881. The predicted molar refractivity (Wildman–Crippen MR) is 119 cm³/mol. The highest BCUT2D eigenvalue weighted by molar-refractivity contribution is 6.07. The highest BCUT2D eigenvalue weighted by Crippen LogP contribution is 2.26. The number of nitrogen functional groups attached to an aromatic ring is 1. The minimum absolute atomic E-state index is 0.0708. The second kappa shape index (κ2) is 10.6. The molecule has 0 bridgehead atoms. The molecule has 0 radical (unpaired) electrons. The molecule has 0 unspecified atom stereocenters. The summed E-state index contributed by atoms with van der Waals surface area (Å²) < 4.78 is 9.75. The lowest BCUT2D eigenvalue weighted by atomic mass is 10.0. The summed E-state index contributed by atoms with van der Waals surface area (Å²) in [5.74, 6) is -1.01. The fourth-order valence-electron chi connectivity index (χ4n) is 4.32. The van der Waals surface area contributed by atoms with Gasteiger partial charge in [0.25, 0.3) is 0 Å². The average Bonchev–Trinajstić information content (AvgIpc) is 2.78. The Morgan fingerprint density at radius 3 is 2.50 bits per heavy atom. The number of piperidine rings is 1. The number of nitrogens with zero attached hydrogens (tertiary/aromatic N) is 3. The van der Waals surface area contributed by atoms with Crippen LogP contribution in [0.15, 0.2) is 18.2 Å². The van der Waals surface area contributed by atoms with Crippen molar-refractivity contribution >= 4 is 29.4 Å². The molecule has 0 spiro atoms. The second-order valence-corrected chi connectivity index (χ2v) is 7.97. The van der Waals surface area contributed by atoms with Crippen LogP contribution in [0.3, 0.4) is 0 Å². The number of carbonyl (C=O) groups excluding carboxylic acids is 3. The summed E-state index contributed by atoms with van der Waals surface area (Å²) in [7, 11) is 1.29. The van der Waals surface area contributed by atoms with Gasteiger partial charge in [0.15, 0.2) is 0 Å². The number of anilines is 1. The summed E-state index contributed by atoms with van der Waals surface area (Å²) in [6.07, 6.45) is 1.78. The van der Waals surface area contributed by atoms with Crippen LogP contribution in [0.2, 0.25) is 0 Å². The predicted octanol–water partition coefficient (Wildman–Crippen LogP) is 0.433. The minimum Gasteiger partial charge on any atom is -0.465 e. The van der Waals surface area contributed by atoms with Crippen LogP contribution in [0.4, 0.5) is 5.69 Å². The largest absolute Gasteiger partial charge is 0.465 e. The Balaban J connectivity index is 1.61. The Hall–Kier alpha value is -2.98. The molecular formula is C22H31N5O5. The SMILES string of the molecule is CCOC(=O)CN1CCC(N2CCN(c3ccc(C(=O)OC)cc3C(=N)N)C(=O)C2)CC1. The zero-order chi connectivity index (χ0) is 23.3. The standard InChI is InChI=1S/C22H31N5O5/c1-3-32-20(29)14-25-8-6-16(7-9-25)26-10-11-27(19(28)13-26)18-5-4-15(22(30)31-2)12-17(18)21(23)24/h4-5,12,16H,3,6-11,13-14H2,1-2H3,(H3,23,24). The van der Waals surface area contributed by atoms with Crippen molar-refractivity contribution in [2.45, 2.75) is 25.8 Å². The van der Waals surface area contributed by atoms with E-state index in [-0.39, 0.29) is 35.9 Å². The van der Waals surface area contributed by atoms with Crippen molar-refractivity contribution in [1.82, 2.24) is 9.80 Å². The molecule has 10 heteroatoms. The van der Waals surface area contributed by atoms with E-state index in [0.29, 0.717) is 37.5 Å². The molecule has 3 N–H and O–H groups in total. The third-order valence-electron chi connectivity index (χ3n) is 5.98. The molecule has 2 saturated heterocycles. The van der Waals surface area contributed by atoms with E-state index in [4.69, 9.17) is 20.6 Å². The molecule has 0 aliphatic carbocycles. The Morgan fingerprint density at radius 1 is 1.19 bits per heavy atom. The first-order valence-corrected chi connectivity index (χ1v) is 10.8. The van der Waals surface area contributed by atoms with Gasteiger partial charge in [0, 0.05) is 37.8 Å². The summed E-state index contributed by atoms with van der Waals surface area (Å²) >= 11 is 0. The van der Waals surface area contributed by atoms with Crippen LogP contribution in [0.1, 0.15) is 35.7 Å². The van der Waals surface area contributed by atoms with Crippen LogP contribution >= 0.6 is 0 Å². The lowest BCUT2D eigenvalue weighted by Crippen LogP contribution is -2.56. The van der Waals surface area contributed by atoms with Crippen LogP contribution in [-0.2, 0) is 19.1 Å². The Labute approximate surface area is 187 Å². The normalized spacial score (nSPS) is 18.4. The number of nitrogens with one attached hydrogen (secondary N) is 1. The third kappa shape index (κ3) is 5.43. The van der Waals surface area contributed by atoms with E-state index in [1.165, 1.54) is 13.2 Å². The van der Waals surface area contributed by atoms with Gasteiger partial charge >= 0.3 is 11.9 Å². The van der Waals surface area contributed by atoms with E-state index in [9.17, 15) is 14.4 Å². The molecule has 32 heavy (non-hydrogen) atoms. The van der Waals surface area contributed by atoms with Gasteiger partial charge in [0.2, 0.25) is 5.91 Å². The number of benzene rings is 1. The zero-order valence-electron chi connectivity index (χ0n) is 18.6. The first-order valence-electron chi connectivity index (χ1n) is 10.8. The Kier molecular flexibility index (Phi) is 7.81. The number of likely N-dealkylation sites (tertiary alicyclic amines) is 1. The summed E-state index contributed by atoms with van der Waals surface area (Å²) in [4.78, 5) is 42.4. The van der Waals surface area contributed by atoms with Gasteiger partial charge in [-0.2, -0.15) is 0 Å². The zero-order valence-corrected chi connectivity index (χ0v) is 18.6. The monoisotopic (exact) mass is 445 g/mol. The quantitative estimate of drug-likeness (QED) is 0.351. The van der Waals surface area contributed by atoms with E-state index in [0.717, 1.165) is 25.9 Å². The fourth-order valence-corrected chi connectivity index (χ4v) is 4.32. The van der Waals surface area contributed by atoms with Gasteiger partial charge in [-0.1, -0.05) is 0 Å². The third-order valence-corrected chi connectivity index (χ3v) is 5.98. The lowest BCUT2D eigenvalue weighted by Gasteiger charge is -2.42. The van der Waals surface area contributed by atoms with Crippen molar-refractivity contribution in [3.63, 3.8) is 0 Å². The maximum Gasteiger partial charge on any atom is 0.337 e. The van der Waals surface area contributed by atoms with Crippen LogP contribution in [0.25, 0.3) is 0 Å². The molecule has 0 saturated carbocycles. The van der Waals surface area contributed by atoms with E-state index in [2.05, 4.69) is 9.80 Å². The van der Waals surface area contributed by atoms with Gasteiger partial charge in [-0.05, 0) is 38.0 Å². The molecule has 2 heterocycles. The maximum absolute atomic E-state index is 13.0. The van der Waals surface area contributed by atoms with Gasteiger partial charge in [0.05, 0.1) is 38.1 Å². The number of amides is 1. The van der Waals surface area contributed by atoms with Crippen LogP contribution in [-0.4, -0.2) is 92.5 Å². The molecule has 0 aromatic heterocycles. The van der Waals surface area contributed by atoms with E-state index in [1.54, 1.807) is 24.0 Å². The number of piperazine rings is 1. The molecule has 10 nitrogen and oxygen atoms in total. The molecule has 1 aromatic carbocycles. The molecule has 1 aromatic rings.